The average molecular weight is 248 g/mol. The van der Waals surface area contributed by atoms with Crippen molar-refractivity contribution >= 4 is 16.9 Å². The molecule has 0 saturated carbocycles. The van der Waals surface area contributed by atoms with Gasteiger partial charge in [-0.25, -0.2) is 0 Å². The molecule has 1 aliphatic carbocycles. The van der Waals surface area contributed by atoms with Crippen LogP contribution >= 0.6 is 11.3 Å². The van der Waals surface area contributed by atoms with Gasteiger partial charge in [0.1, 0.15) is 0 Å². The van der Waals surface area contributed by atoms with Gasteiger partial charge in [0.05, 0.1) is 0 Å². The third-order valence-electron chi connectivity index (χ3n) is 3.78. The number of unbranched alkanes of at least 4 members (excludes halogenated alkanes) is 1. The van der Waals surface area contributed by atoms with E-state index in [-0.39, 0.29) is 0 Å². The van der Waals surface area contributed by atoms with Gasteiger partial charge in [-0.2, -0.15) is 0 Å². The average Bonchev–Trinajstić information content (AvgIpc) is 2.49. The predicted octanol–water partition coefficient (Wildman–Crippen LogP) is 5.53. The van der Waals surface area contributed by atoms with Gasteiger partial charge in [0.25, 0.3) is 0 Å². The van der Waals surface area contributed by atoms with Crippen molar-refractivity contribution < 1.29 is 0 Å². The molecular weight excluding hydrogens is 224 g/mol. The van der Waals surface area contributed by atoms with Crippen LogP contribution in [-0.2, 0) is 12.8 Å². The molecule has 0 radical (unpaired) electrons. The summed E-state index contributed by atoms with van der Waals surface area (Å²) in [4.78, 5) is 3.17. The predicted molar refractivity (Wildman–Crippen MR) is 78.9 cm³/mol. The van der Waals surface area contributed by atoms with Crippen molar-refractivity contribution in [2.75, 3.05) is 0 Å². The van der Waals surface area contributed by atoms with Crippen molar-refractivity contribution in [2.24, 2.45) is 0 Å². The number of thiophene rings is 1. The van der Waals surface area contributed by atoms with Crippen molar-refractivity contribution in [1.82, 2.24) is 0 Å². The van der Waals surface area contributed by atoms with Crippen LogP contribution in [0.3, 0.4) is 0 Å². The van der Waals surface area contributed by atoms with Gasteiger partial charge < -0.3 is 0 Å². The Kier molecular flexibility index (Phi) is 4.44. The fourth-order valence-corrected chi connectivity index (χ4v) is 4.17. The Morgan fingerprint density at radius 1 is 1.24 bits per heavy atom. The van der Waals surface area contributed by atoms with E-state index < -0.39 is 0 Å². The molecule has 1 heteroatoms. The summed E-state index contributed by atoms with van der Waals surface area (Å²) in [6.07, 6.45) is 10.5. The molecule has 0 atom stereocenters. The molecular formula is C16H24S. The Hall–Kier alpha value is -0.560. The van der Waals surface area contributed by atoms with E-state index in [2.05, 4.69) is 20.4 Å². The van der Waals surface area contributed by atoms with Crippen LogP contribution in [0.2, 0.25) is 0 Å². The van der Waals surface area contributed by atoms with Crippen molar-refractivity contribution in [3.8, 4) is 0 Å². The van der Waals surface area contributed by atoms with Gasteiger partial charge in [-0.3, -0.25) is 0 Å². The van der Waals surface area contributed by atoms with Crippen LogP contribution in [0.25, 0.3) is 5.57 Å². The molecule has 0 aromatic carbocycles. The summed E-state index contributed by atoms with van der Waals surface area (Å²) in [7, 11) is 0. The number of allylic oxidation sites excluding steroid dienone is 1. The molecule has 0 bridgehead atoms. The molecule has 17 heavy (non-hydrogen) atoms. The zero-order valence-corrected chi connectivity index (χ0v) is 12.1. The smallest absolute Gasteiger partial charge is 0.00949 e. The maximum Gasteiger partial charge on any atom is 0.00949 e. The molecule has 0 spiro atoms. The molecule has 1 aliphatic rings. The summed E-state index contributed by atoms with van der Waals surface area (Å²) in [5.41, 5.74) is 4.59. The summed E-state index contributed by atoms with van der Waals surface area (Å²) in [5.74, 6) is 0. The molecule has 0 aliphatic heterocycles. The van der Waals surface area contributed by atoms with Gasteiger partial charge in [-0.15, -0.1) is 11.3 Å². The molecule has 0 N–H and O–H groups in total. The standard InChI is InChI=1S/C16H24S/c1-4-5-9-12(2)16-13(3)17-15-11-8-6-7-10-14(15)16/h2,4-11H2,1,3H3. The van der Waals surface area contributed by atoms with E-state index in [4.69, 9.17) is 0 Å². The van der Waals surface area contributed by atoms with Gasteiger partial charge in [-0.1, -0.05) is 26.3 Å². The number of hydrogen-bond donors (Lipinski definition) is 0. The van der Waals surface area contributed by atoms with Crippen molar-refractivity contribution in [3.05, 3.63) is 27.5 Å². The lowest BCUT2D eigenvalue weighted by Crippen LogP contribution is -1.92. The Balaban J connectivity index is 2.26. The highest BCUT2D eigenvalue weighted by molar-refractivity contribution is 7.12. The lowest BCUT2D eigenvalue weighted by molar-refractivity contribution is 0.712. The van der Waals surface area contributed by atoms with Crippen molar-refractivity contribution in [2.45, 2.75) is 65.2 Å². The molecule has 0 unspecified atom stereocenters. The number of fused-ring (bicyclic) bond motifs is 1. The maximum absolute atomic E-state index is 4.34. The van der Waals surface area contributed by atoms with Crippen LogP contribution in [0.5, 0.6) is 0 Å². The van der Waals surface area contributed by atoms with Crippen LogP contribution < -0.4 is 0 Å². The van der Waals surface area contributed by atoms with Gasteiger partial charge in [0, 0.05) is 9.75 Å². The highest BCUT2D eigenvalue weighted by Gasteiger charge is 2.18. The normalized spacial score (nSPS) is 15.4. The maximum atomic E-state index is 4.34. The first-order chi connectivity index (χ1) is 8.24. The molecule has 0 amide bonds. The summed E-state index contributed by atoms with van der Waals surface area (Å²) in [5, 5.41) is 0. The fraction of sp³-hybridized carbons (Fsp3) is 0.625. The minimum absolute atomic E-state index is 1.18. The Bertz CT molecular complexity index is 398. The zero-order chi connectivity index (χ0) is 12.3. The second kappa shape index (κ2) is 5.86. The molecule has 1 aromatic heterocycles. The first kappa shape index (κ1) is 12.9. The Morgan fingerprint density at radius 2 is 2.00 bits per heavy atom. The van der Waals surface area contributed by atoms with E-state index >= 15 is 0 Å². The number of rotatable bonds is 4. The van der Waals surface area contributed by atoms with Gasteiger partial charge in [0.15, 0.2) is 0 Å². The van der Waals surface area contributed by atoms with E-state index in [1.165, 1.54) is 61.8 Å². The molecule has 2 rings (SSSR count). The third-order valence-corrected chi connectivity index (χ3v) is 4.99. The van der Waals surface area contributed by atoms with Crippen molar-refractivity contribution in [3.63, 3.8) is 0 Å². The number of hydrogen-bond acceptors (Lipinski definition) is 1. The van der Waals surface area contributed by atoms with E-state index in [9.17, 15) is 0 Å². The first-order valence-electron chi connectivity index (χ1n) is 7.03. The van der Waals surface area contributed by atoms with E-state index in [0.717, 1.165) is 0 Å². The largest absolute Gasteiger partial charge is 0.145 e. The fourth-order valence-electron chi connectivity index (χ4n) is 2.86. The summed E-state index contributed by atoms with van der Waals surface area (Å²) >= 11 is 2.03. The zero-order valence-electron chi connectivity index (χ0n) is 11.3. The summed E-state index contributed by atoms with van der Waals surface area (Å²) in [6, 6.07) is 0. The topological polar surface area (TPSA) is 0 Å². The van der Waals surface area contributed by atoms with E-state index in [1.54, 1.807) is 16.0 Å². The molecule has 1 aromatic rings. The second-order valence-corrected chi connectivity index (χ2v) is 6.51. The highest BCUT2D eigenvalue weighted by atomic mass is 32.1. The Labute approximate surface area is 110 Å². The first-order valence-corrected chi connectivity index (χ1v) is 7.85. The van der Waals surface area contributed by atoms with E-state index in [0.29, 0.717) is 0 Å². The minimum Gasteiger partial charge on any atom is -0.145 e. The lowest BCUT2D eigenvalue weighted by Gasteiger charge is -2.09. The minimum atomic E-state index is 1.18. The molecule has 1 heterocycles. The van der Waals surface area contributed by atoms with Crippen molar-refractivity contribution in [1.29, 1.82) is 0 Å². The van der Waals surface area contributed by atoms with Crippen LogP contribution in [0.15, 0.2) is 6.58 Å². The van der Waals surface area contributed by atoms with Crippen LogP contribution in [0.4, 0.5) is 0 Å². The monoisotopic (exact) mass is 248 g/mol. The van der Waals surface area contributed by atoms with Crippen LogP contribution in [0.1, 0.15) is 66.3 Å². The van der Waals surface area contributed by atoms with Gasteiger partial charge in [0.2, 0.25) is 0 Å². The SMILES string of the molecule is C=C(CCCC)c1c(C)sc2c1CCCCC2. The Morgan fingerprint density at radius 3 is 2.76 bits per heavy atom. The molecule has 0 fully saturated rings. The number of aryl methyl sites for hydroxylation is 2. The summed E-state index contributed by atoms with van der Waals surface area (Å²) in [6.45, 7) is 8.88. The van der Waals surface area contributed by atoms with Crippen LogP contribution in [-0.4, -0.2) is 0 Å². The van der Waals surface area contributed by atoms with Crippen LogP contribution in [0, 0.1) is 6.92 Å². The summed E-state index contributed by atoms with van der Waals surface area (Å²) < 4.78 is 0. The molecule has 0 nitrogen and oxygen atoms in total. The molecule has 94 valence electrons. The van der Waals surface area contributed by atoms with E-state index in [1.807, 2.05) is 11.3 Å². The third kappa shape index (κ3) is 2.82. The van der Waals surface area contributed by atoms with Gasteiger partial charge in [-0.05, 0) is 62.1 Å². The van der Waals surface area contributed by atoms with Gasteiger partial charge >= 0.3 is 0 Å². The lowest BCUT2D eigenvalue weighted by atomic mass is 9.95. The second-order valence-electron chi connectivity index (χ2n) is 5.20. The quantitative estimate of drug-likeness (QED) is 0.615. The molecule has 0 saturated heterocycles. The highest BCUT2D eigenvalue weighted by Crippen LogP contribution is 2.37.